The number of para-hydroxylation sites is 2. The van der Waals surface area contributed by atoms with Crippen molar-refractivity contribution in [2.75, 3.05) is 0 Å². The van der Waals surface area contributed by atoms with E-state index in [1.165, 1.54) is 0 Å². The van der Waals surface area contributed by atoms with Gasteiger partial charge in [0.25, 0.3) is 5.91 Å². The van der Waals surface area contributed by atoms with Gasteiger partial charge < -0.3 is 4.57 Å². The summed E-state index contributed by atoms with van der Waals surface area (Å²) < 4.78 is 1.75. The summed E-state index contributed by atoms with van der Waals surface area (Å²) in [6.45, 7) is 0.130. The molecule has 1 aromatic heterocycles. The Morgan fingerprint density at radius 3 is 2.80 bits per heavy atom. The normalized spacial score (nSPS) is 14.8. The molecule has 2 aromatic rings. The topological polar surface area (TPSA) is 76.0 Å². The van der Waals surface area contributed by atoms with Crippen molar-refractivity contribution in [2.45, 2.75) is 25.8 Å². The van der Waals surface area contributed by atoms with Crippen LogP contribution in [-0.2, 0) is 16.1 Å². The summed E-state index contributed by atoms with van der Waals surface area (Å²) in [4.78, 5) is 27.6. The van der Waals surface area contributed by atoms with Gasteiger partial charge in [-0.1, -0.05) is 18.6 Å². The Hall–Kier alpha value is -2.37. The minimum absolute atomic E-state index is 0.0596. The number of nitrogens with zero attached hydrogens (tertiary/aromatic N) is 2. The van der Waals surface area contributed by atoms with Crippen LogP contribution in [-0.4, -0.2) is 21.4 Å². The molecule has 1 fully saturated rings. The number of hydrazine groups is 1. The number of rotatable bonds is 3. The van der Waals surface area contributed by atoms with E-state index >= 15 is 0 Å². The van der Waals surface area contributed by atoms with Crippen LogP contribution in [0.2, 0.25) is 0 Å². The molecule has 0 unspecified atom stereocenters. The van der Waals surface area contributed by atoms with E-state index in [-0.39, 0.29) is 24.3 Å². The highest BCUT2D eigenvalue weighted by Gasteiger charge is 2.25. The highest BCUT2D eigenvalue weighted by Crippen LogP contribution is 2.25. The van der Waals surface area contributed by atoms with Crippen LogP contribution in [0.3, 0.4) is 0 Å². The molecule has 1 aliphatic carbocycles. The first kappa shape index (κ1) is 12.7. The number of nitrogens with one attached hydrogen (secondary N) is 2. The van der Waals surface area contributed by atoms with Crippen LogP contribution in [0.25, 0.3) is 11.0 Å². The van der Waals surface area contributed by atoms with E-state index in [4.69, 9.17) is 0 Å². The number of aromatic nitrogens is 2. The molecule has 0 aliphatic heterocycles. The smallest absolute Gasteiger partial charge is 0.258 e. The van der Waals surface area contributed by atoms with E-state index < -0.39 is 0 Å². The highest BCUT2D eigenvalue weighted by atomic mass is 16.2. The molecule has 0 radical (unpaired) electrons. The number of benzene rings is 1. The molecule has 6 heteroatoms. The molecule has 1 saturated carbocycles. The number of hydrogen-bond donors (Lipinski definition) is 2. The summed E-state index contributed by atoms with van der Waals surface area (Å²) >= 11 is 0. The molecule has 0 atom stereocenters. The van der Waals surface area contributed by atoms with E-state index in [2.05, 4.69) is 15.8 Å². The molecule has 2 N–H and O–H groups in total. The molecular formula is C14H16N4O2. The molecule has 6 nitrogen and oxygen atoms in total. The third kappa shape index (κ3) is 2.49. The minimum atomic E-state index is -0.263. The van der Waals surface area contributed by atoms with Gasteiger partial charge in [-0.05, 0) is 25.0 Å². The lowest BCUT2D eigenvalue weighted by Crippen LogP contribution is -2.47. The van der Waals surface area contributed by atoms with Gasteiger partial charge in [-0.15, -0.1) is 0 Å². The number of fused-ring (bicyclic) bond motifs is 1. The average Bonchev–Trinajstić information content (AvgIpc) is 2.78. The SMILES string of the molecule is O=C(Cn1cnc2ccccc21)NNC(=O)C1CCC1. The van der Waals surface area contributed by atoms with Crippen LogP contribution in [0.5, 0.6) is 0 Å². The highest BCUT2D eigenvalue weighted by molar-refractivity contribution is 5.84. The Labute approximate surface area is 116 Å². The summed E-state index contributed by atoms with van der Waals surface area (Å²) in [5, 5.41) is 0. The van der Waals surface area contributed by atoms with Gasteiger partial charge >= 0.3 is 0 Å². The summed E-state index contributed by atoms with van der Waals surface area (Å²) in [5.74, 6) is -0.301. The predicted molar refractivity (Wildman–Crippen MR) is 73.4 cm³/mol. The Bertz CT molecular complexity index is 645. The number of hydrogen-bond acceptors (Lipinski definition) is 3. The maximum atomic E-state index is 11.8. The fourth-order valence-corrected chi connectivity index (χ4v) is 2.23. The molecule has 1 heterocycles. The Morgan fingerprint density at radius 1 is 1.25 bits per heavy atom. The standard InChI is InChI=1S/C14H16N4O2/c19-13(16-17-14(20)10-4-3-5-10)8-18-9-15-11-6-1-2-7-12(11)18/h1-2,6-7,9-10H,3-5,8H2,(H,16,19)(H,17,20). The third-order valence-electron chi connectivity index (χ3n) is 3.64. The van der Waals surface area contributed by atoms with Gasteiger partial charge in [0, 0.05) is 5.92 Å². The van der Waals surface area contributed by atoms with E-state index in [1.54, 1.807) is 10.9 Å². The first-order chi connectivity index (χ1) is 9.74. The second-order valence-electron chi connectivity index (χ2n) is 5.03. The summed E-state index contributed by atoms with van der Waals surface area (Å²) in [6.07, 6.45) is 4.53. The fraction of sp³-hybridized carbons (Fsp3) is 0.357. The molecule has 1 aromatic carbocycles. The van der Waals surface area contributed by atoms with Crippen molar-refractivity contribution in [2.24, 2.45) is 5.92 Å². The summed E-state index contributed by atoms with van der Waals surface area (Å²) in [6, 6.07) is 7.60. The second-order valence-corrected chi connectivity index (χ2v) is 5.03. The van der Waals surface area contributed by atoms with E-state index in [0.717, 1.165) is 30.3 Å². The van der Waals surface area contributed by atoms with Gasteiger partial charge in [0.15, 0.2) is 0 Å². The van der Waals surface area contributed by atoms with Gasteiger partial charge in [0.05, 0.1) is 17.4 Å². The Morgan fingerprint density at radius 2 is 2.05 bits per heavy atom. The van der Waals surface area contributed by atoms with E-state index in [1.807, 2.05) is 24.3 Å². The molecular weight excluding hydrogens is 256 g/mol. The number of imidazole rings is 1. The summed E-state index contributed by atoms with van der Waals surface area (Å²) in [5.41, 5.74) is 6.66. The quantitative estimate of drug-likeness (QED) is 0.818. The molecule has 1 aliphatic rings. The van der Waals surface area contributed by atoms with Crippen molar-refractivity contribution in [1.82, 2.24) is 20.4 Å². The fourth-order valence-electron chi connectivity index (χ4n) is 2.23. The maximum absolute atomic E-state index is 11.8. The lowest BCUT2D eigenvalue weighted by molar-refractivity contribution is -0.133. The van der Waals surface area contributed by atoms with Gasteiger partial charge in [0.1, 0.15) is 6.54 Å². The summed E-state index contributed by atoms with van der Waals surface area (Å²) in [7, 11) is 0. The van der Waals surface area contributed by atoms with Crippen molar-refractivity contribution in [3.05, 3.63) is 30.6 Å². The zero-order valence-electron chi connectivity index (χ0n) is 11.0. The zero-order valence-corrected chi connectivity index (χ0v) is 11.0. The van der Waals surface area contributed by atoms with Gasteiger partial charge in [-0.3, -0.25) is 20.4 Å². The first-order valence-electron chi connectivity index (χ1n) is 6.72. The van der Waals surface area contributed by atoms with Crippen molar-refractivity contribution < 1.29 is 9.59 Å². The van der Waals surface area contributed by atoms with Gasteiger partial charge in [-0.2, -0.15) is 0 Å². The lowest BCUT2D eigenvalue weighted by atomic mass is 9.85. The first-order valence-corrected chi connectivity index (χ1v) is 6.72. The minimum Gasteiger partial charge on any atom is -0.321 e. The van der Waals surface area contributed by atoms with Crippen LogP contribution in [0.15, 0.2) is 30.6 Å². The van der Waals surface area contributed by atoms with Crippen LogP contribution in [0.4, 0.5) is 0 Å². The third-order valence-corrected chi connectivity index (χ3v) is 3.64. The van der Waals surface area contributed by atoms with E-state index in [0.29, 0.717) is 0 Å². The molecule has 2 amide bonds. The molecule has 0 saturated heterocycles. The van der Waals surface area contributed by atoms with Crippen LogP contribution < -0.4 is 10.9 Å². The number of amides is 2. The van der Waals surface area contributed by atoms with Crippen molar-refractivity contribution in [3.63, 3.8) is 0 Å². The molecule has 20 heavy (non-hydrogen) atoms. The molecule has 3 rings (SSSR count). The monoisotopic (exact) mass is 272 g/mol. The Balaban J connectivity index is 1.57. The van der Waals surface area contributed by atoms with Gasteiger partial charge in [0.2, 0.25) is 5.91 Å². The van der Waals surface area contributed by atoms with Crippen LogP contribution >= 0.6 is 0 Å². The van der Waals surface area contributed by atoms with E-state index in [9.17, 15) is 9.59 Å². The molecule has 0 bridgehead atoms. The number of carbonyl (C=O) groups is 2. The zero-order chi connectivity index (χ0) is 13.9. The van der Waals surface area contributed by atoms with Crippen molar-refractivity contribution >= 4 is 22.8 Å². The van der Waals surface area contributed by atoms with Crippen molar-refractivity contribution in [1.29, 1.82) is 0 Å². The van der Waals surface area contributed by atoms with Crippen LogP contribution in [0, 0.1) is 5.92 Å². The van der Waals surface area contributed by atoms with Crippen molar-refractivity contribution in [3.8, 4) is 0 Å². The predicted octanol–water partition coefficient (Wildman–Crippen LogP) is 0.984. The molecule has 0 spiro atoms. The average molecular weight is 272 g/mol. The maximum Gasteiger partial charge on any atom is 0.258 e. The number of carbonyl (C=O) groups excluding carboxylic acids is 2. The largest absolute Gasteiger partial charge is 0.321 e. The lowest BCUT2D eigenvalue weighted by Gasteiger charge is -2.24. The van der Waals surface area contributed by atoms with Gasteiger partial charge in [-0.25, -0.2) is 4.98 Å². The second kappa shape index (κ2) is 5.32. The van der Waals surface area contributed by atoms with Crippen LogP contribution in [0.1, 0.15) is 19.3 Å². The molecule has 104 valence electrons. The Kier molecular flexibility index (Phi) is 3.37.